The summed E-state index contributed by atoms with van der Waals surface area (Å²) in [5, 5.41) is 2.72. The van der Waals surface area contributed by atoms with Gasteiger partial charge < -0.3 is 5.32 Å². The Hall–Kier alpha value is -2.98. The summed E-state index contributed by atoms with van der Waals surface area (Å²) >= 11 is 1.53. The van der Waals surface area contributed by atoms with E-state index in [1.54, 1.807) is 12.1 Å². The highest BCUT2D eigenvalue weighted by Gasteiger charge is 2.30. The first kappa shape index (κ1) is 23.7. The van der Waals surface area contributed by atoms with Gasteiger partial charge in [0.2, 0.25) is 0 Å². The number of thioether (sulfide) groups is 1. The van der Waals surface area contributed by atoms with E-state index < -0.39 is 21.8 Å². The number of carbonyl (C=O) groups is 1. The number of hydrogen-bond donors (Lipinski definition) is 2. The molecule has 10 heteroatoms. The minimum absolute atomic E-state index is 0.158. The van der Waals surface area contributed by atoms with Crippen LogP contribution in [0.5, 0.6) is 0 Å². The average Bonchev–Trinajstić information content (AvgIpc) is 2.74. The molecule has 0 aliphatic carbocycles. The second kappa shape index (κ2) is 9.66. The number of amides is 1. The van der Waals surface area contributed by atoms with E-state index in [4.69, 9.17) is 0 Å². The van der Waals surface area contributed by atoms with Crippen molar-refractivity contribution < 1.29 is 26.4 Å². The van der Waals surface area contributed by atoms with Gasteiger partial charge in [-0.05, 0) is 60.4 Å². The van der Waals surface area contributed by atoms with E-state index in [9.17, 15) is 26.4 Å². The van der Waals surface area contributed by atoms with Gasteiger partial charge >= 0.3 is 6.18 Å². The quantitative estimate of drug-likeness (QED) is 0.415. The molecule has 3 aromatic rings. The topological polar surface area (TPSA) is 75.3 Å². The van der Waals surface area contributed by atoms with Crippen LogP contribution in [-0.4, -0.2) is 20.1 Å². The van der Waals surface area contributed by atoms with E-state index in [1.807, 2.05) is 19.1 Å². The Bertz CT molecular complexity index is 1210. The third-order valence-electron chi connectivity index (χ3n) is 4.30. The van der Waals surface area contributed by atoms with Crippen molar-refractivity contribution in [1.82, 2.24) is 0 Å². The smallest absolute Gasteiger partial charge is 0.322 e. The van der Waals surface area contributed by atoms with Crippen molar-refractivity contribution in [2.45, 2.75) is 22.9 Å². The molecular formula is C22H19F3N2O3S2. The van der Waals surface area contributed by atoms with E-state index in [0.29, 0.717) is 11.3 Å². The third-order valence-corrected chi connectivity index (χ3v) is 6.65. The summed E-state index contributed by atoms with van der Waals surface area (Å²) < 4.78 is 65.8. The number of carbonyl (C=O) groups excluding carboxylic acids is 1. The van der Waals surface area contributed by atoms with Crippen molar-refractivity contribution in [2.75, 3.05) is 15.8 Å². The molecule has 0 bridgehead atoms. The number of benzene rings is 3. The van der Waals surface area contributed by atoms with Crippen LogP contribution < -0.4 is 10.0 Å². The number of nitrogens with one attached hydrogen (secondary N) is 2. The molecule has 0 spiro atoms. The van der Waals surface area contributed by atoms with Gasteiger partial charge in [0.25, 0.3) is 15.9 Å². The average molecular weight is 481 g/mol. The second-order valence-electron chi connectivity index (χ2n) is 6.59. The van der Waals surface area contributed by atoms with E-state index in [-0.39, 0.29) is 16.5 Å². The van der Waals surface area contributed by atoms with Gasteiger partial charge in [-0.1, -0.05) is 25.1 Å². The van der Waals surface area contributed by atoms with Gasteiger partial charge in [0.15, 0.2) is 0 Å². The standard InChI is InChI=1S/C22H19F3N2O3S2/c1-2-31-20-9-4-3-8-19(20)21(28)26-16-10-12-18(13-11-16)32(29,30)27-17-7-5-6-15(14-17)22(23,24)25/h3-14,27H,2H2,1H3,(H,26,28). The van der Waals surface area contributed by atoms with Gasteiger partial charge in [-0.25, -0.2) is 8.42 Å². The maximum atomic E-state index is 12.8. The summed E-state index contributed by atoms with van der Waals surface area (Å²) in [7, 11) is -4.12. The maximum Gasteiger partial charge on any atom is 0.416 e. The molecule has 0 aliphatic heterocycles. The molecule has 168 valence electrons. The lowest BCUT2D eigenvalue weighted by Gasteiger charge is -2.12. The monoisotopic (exact) mass is 480 g/mol. The van der Waals surface area contributed by atoms with Crippen LogP contribution in [0.3, 0.4) is 0 Å². The summed E-state index contributed by atoms with van der Waals surface area (Å²) in [5.41, 5.74) is -0.286. The molecular weight excluding hydrogens is 461 g/mol. The van der Waals surface area contributed by atoms with Crippen molar-refractivity contribution >= 4 is 39.1 Å². The fourth-order valence-corrected chi connectivity index (χ4v) is 4.68. The molecule has 2 N–H and O–H groups in total. The summed E-state index contributed by atoms with van der Waals surface area (Å²) in [6.07, 6.45) is -4.59. The fraction of sp³-hybridized carbons (Fsp3) is 0.136. The highest BCUT2D eigenvalue weighted by Crippen LogP contribution is 2.31. The number of halogens is 3. The molecule has 5 nitrogen and oxygen atoms in total. The zero-order valence-electron chi connectivity index (χ0n) is 16.8. The number of rotatable bonds is 7. The summed E-state index contributed by atoms with van der Waals surface area (Å²) in [6, 6.07) is 16.4. The molecule has 3 aromatic carbocycles. The molecule has 0 saturated carbocycles. The van der Waals surface area contributed by atoms with Crippen molar-refractivity contribution in [2.24, 2.45) is 0 Å². The van der Waals surface area contributed by atoms with Crippen molar-refractivity contribution in [3.63, 3.8) is 0 Å². The number of alkyl halides is 3. The molecule has 0 saturated heterocycles. The first-order chi connectivity index (χ1) is 15.1. The van der Waals surface area contributed by atoms with Gasteiger partial charge in [-0.3, -0.25) is 9.52 Å². The molecule has 0 fully saturated rings. The Morgan fingerprint density at radius 2 is 1.62 bits per heavy atom. The third kappa shape index (κ3) is 5.83. The minimum Gasteiger partial charge on any atom is -0.322 e. The highest BCUT2D eigenvalue weighted by molar-refractivity contribution is 7.99. The van der Waals surface area contributed by atoms with E-state index in [1.165, 1.54) is 42.1 Å². The summed E-state index contributed by atoms with van der Waals surface area (Å²) in [4.78, 5) is 13.3. The molecule has 0 aliphatic rings. The Morgan fingerprint density at radius 1 is 0.938 bits per heavy atom. The predicted octanol–water partition coefficient (Wildman–Crippen LogP) is 5.87. The van der Waals surface area contributed by atoms with Crippen LogP contribution in [0.4, 0.5) is 24.5 Å². The van der Waals surface area contributed by atoms with Gasteiger partial charge in [-0.2, -0.15) is 13.2 Å². The van der Waals surface area contributed by atoms with E-state index in [0.717, 1.165) is 28.8 Å². The molecule has 0 radical (unpaired) electrons. The molecule has 0 atom stereocenters. The van der Waals surface area contributed by atoms with Crippen molar-refractivity contribution in [3.05, 3.63) is 83.9 Å². The molecule has 1 amide bonds. The molecule has 0 aromatic heterocycles. The Balaban J connectivity index is 1.74. The second-order valence-corrected chi connectivity index (χ2v) is 9.58. The van der Waals surface area contributed by atoms with Gasteiger partial charge in [0.1, 0.15) is 0 Å². The Morgan fingerprint density at radius 3 is 2.28 bits per heavy atom. The van der Waals surface area contributed by atoms with Gasteiger partial charge in [-0.15, -0.1) is 11.8 Å². The van der Waals surface area contributed by atoms with Crippen LogP contribution in [0.25, 0.3) is 0 Å². The number of hydrogen-bond acceptors (Lipinski definition) is 4. The summed E-state index contributed by atoms with van der Waals surface area (Å²) in [6.45, 7) is 1.98. The minimum atomic E-state index is -4.59. The van der Waals surface area contributed by atoms with Crippen LogP contribution in [0.15, 0.2) is 82.6 Å². The number of anilines is 2. The normalized spacial score (nSPS) is 11.8. The van der Waals surface area contributed by atoms with E-state index in [2.05, 4.69) is 10.0 Å². The van der Waals surface area contributed by atoms with Crippen LogP contribution in [-0.2, 0) is 16.2 Å². The Labute approximate surface area is 188 Å². The number of sulfonamides is 1. The molecule has 0 heterocycles. The molecule has 0 unspecified atom stereocenters. The Kier molecular flexibility index (Phi) is 7.15. The van der Waals surface area contributed by atoms with Crippen LogP contribution in [0.1, 0.15) is 22.8 Å². The zero-order valence-corrected chi connectivity index (χ0v) is 18.4. The van der Waals surface area contributed by atoms with Crippen LogP contribution in [0.2, 0.25) is 0 Å². The lowest BCUT2D eigenvalue weighted by atomic mass is 10.2. The zero-order chi connectivity index (χ0) is 23.4. The summed E-state index contributed by atoms with van der Waals surface area (Å²) in [5.74, 6) is 0.467. The SMILES string of the molecule is CCSc1ccccc1C(=O)Nc1ccc(S(=O)(=O)Nc2cccc(C(F)(F)F)c2)cc1. The largest absolute Gasteiger partial charge is 0.416 e. The van der Waals surface area contributed by atoms with Gasteiger partial charge in [0, 0.05) is 16.3 Å². The maximum absolute atomic E-state index is 12.8. The van der Waals surface area contributed by atoms with Crippen molar-refractivity contribution in [3.8, 4) is 0 Å². The fourth-order valence-electron chi connectivity index (χ4n) is 2.82. The predicted molar refractivity (Wildman–Crippen MR) is 119 cm³/mol. The first-order valence-electron chi connectivity index (χ1n) is 9.43. The van der Waals surface area contributed by atoms with E-state index >= 15 is 0 Å². The lowest BCUT2D eigenvalue weighted by molar-refractivity contribution is -0.137. The van der Waals surface area contributed by atoms with Gasteiger partial charge in [0.05, 0.1) is 16.0 Å². The van der Waals surface area contributed by atoms with Crippen LogP contribution >= 0.6 is 11.8 Å². The van der Waals surface area contributed by atoms with Crippen molar-refractivity contribution in [1.29, 1.82) is 0 Å². The molecule has 3 rings (SSSR count). The first-order valence-corrected chi connectivity index (χ1v) is 11.9. The lowest BCUT2D eigenvalue weighted by Crippen LogP contribution is -2.15. The highest BCUT2D eigenvalue weighted by atomic mass is 32.2. The molecule has 32 heavy (non-hydrogen) atoms. The van der Waals surface area contributed by atoms with Crippen LogP contribution in [0, 0.1) is 0 Å².